The van der Waals surface area contributed by atoms with Gasteiger partial charge in [0.15, 0.2) is 0 Å². The van der Waals surface area contributed by atoms with E-state index in [0.717, 1.165) is 22.1 Å². The fraction of sp³-hybridized carbons (Fsp3) is 0.412. The van der Waals surface area contributed by atoms with Crippen molar-refractivity contribution in [3.8, 4) is 5.75 Å². The van der Waals surface area contributed by atoms with Crippen LogP contribution in [-0.4, -0.2) is 18.3 Å². The van der Waals surface area contributed by atoms with Crippen LogP contribution in [-0.2, 0) is 0 Å². The first-order valence-corrected chi connectivity index (χ1v) is 7.02. The average Bonchev–Trinajstić information content (AvgIpc) is 2.46. The van der Waals surface area contributed by atoms with Crippen LogP contribution in [0.2, 0.25) is 0 Å². The second-order valence-electron chi connectivity index (χ2n) is 5.76. The molecule has 2 aromatic rings. The molecule has 0 saturated carbocycles. The molecule has 0 saturated heterocycles. The summed E-state index contributed by atoms with van der Waals surface area (Å²) in [6, 6.07) is 11.8. The van der Waals surface area contributed by atoms with Crippen molar-refractivity contribution in [2.24, 2.45) is 11.1 Å². The predicted octanol–water partition coefficient (Wildman–Crippen LogP) is 3.68. The van der Waals surface area contributed by atoms with E-state index in [2.05, 4.69) is 12.1 Å². The van der Waals surface area contributed by atoms with Gasteiger partial charge in [-0.1, -0.05) is 44.2 Å². The van der Waals surface area contributed by atoms with Crippen molar-refractivity contribution < 1.29 is 9.84 Å². The minimum atomic E-state index is -0.407. The van der Waals surface area contributed by atoms with Gasteiger partial charge in [-0.15, -0.1) is 12.4 Å². The quantitative estimate of drug-likeness (QED) is 0.886. The van der Waals surface area contributed by atoms with Crippen molar-refractivity contribution in [3.05, 3.63) is 42.0 Å². The monoisotopic (exact) mass is 309 g/mol. The summed E-state index contributed by atoms with van der Waals surface area (Å²) >= 11 is 0. The minimum Gasteiger partial charge on any atom is -0.494 e. The summed E-state index contributed by atoms with van der Waals surface area (Å²) in [6.45, 7) is 6.52. The van der Waals surface area contributed by atoms with Gasteiger partial charge in [-0.3, -0.25) is 0 Å². The molecular formula is C17H24ClNO2. The maximum Gasteiger partial charge on any atom is 0.124 e. The van der Waals surface area contributed by atoms with E-state index in [1.165, 1.54) is 0 Å². The number of halogens is 1. The molecule has 0 aliphatic heterocycles. The summed E-state index contributed by atoms with van der Waals surface area (Å²) in [5, 5.41) is 11.8. The highest BCUT2D eigenvalue weighted by Gasteiger charge is 2.30. The second kappa shape index (κ2) is 7.12. The van der Waals surface area contributed by atoms with Gasteiger partial charge in [-0.05, 0) is 23.8 Å². The van der Waals surface area contributed by atoms with Gasteiger partial charge in [0.2, 0.25) is 0 Å². The molecule has 2 rings (SSSR count). The summed E-state index contributed by atoms with van der Waals surface area (Å²) in [5.41, 5.74) is 7.01. The molecule has 21 heavy (non-hydrogen) atoms. The van der Waals surface area contributed by atoms with E-state index in [-0.39, 0.29) is 25.1 Å². The van der Waals surface area contributed by atoms with E-state index < -0.39 is 5.41 Å². The lowest BCUT2D eigenvalue weighted by Crippen LogP contribution is -2.33. The van der Waals surface area contributed by atoms with Gasteiger partial charge >= 0.3 is 0 Å². The molecule has 116 valence electrons. The number of hydrogen-bond donors (Lipinski definition) is 2. The van der Waals surface area contributed by atoms with Crippen molar-refractivity contribution >= 4 is 23.2 Å². The summed E-state index contributed by atoms with van der Waals surface area (Å²) in [7, 11) is 0. The van der Waals surface area contributed by atoms with E-state index >= 15 is 0 Å². The zero-order valence-electron chi connectivity index (χ0n) is 12.8. The Balaban J connectivity index is 0.00000220. The maximum absolute atomic E-state index is 9.60. The summed E-state index contributed by atoms with van der Waals surface area (Å²) in [6.07, 6.45) is 0. The maximum atomic E-state index is 9.60. The Labute approximate surface area is 132 Å². The Hall–Kier alpha value is -1.29. The molecule has 0 aliphatic carbocycles. The molecule has 2 aromatic carbocycles. The lowest BCUT2D eigenvalue weighted by Gasteiger charge is -2.31. The van der Waals surface area contributed by atoms with E-state index in [0.29, 0.717) is 6.61 Å². The summed E-state index contributed by atoms with van der Waals surface area (Å²) < 4.78 is 5.74. The Kier molecular flexibility index (Phi) is 6.02. The van der Waals surface area contributed by atoms with E-state index in [4.69, 9.17) is 10.5 Å². The molecule has 0 bridgehead atoms. The van der Waals surface area contributed by atoms with Crippen LogP contribution in [0, 0.1) is 5.41 Å². The Morgan fingerprint density at radius 1 is 1.19 bits per heavy atom. The van der Waals surface area contributed by atoms with Gasteiger partial charge in [0.25, 0.3) is 0 Å². The van der Waals surface area contributed by atoms with Crippen LogP contribution in [0.3, 0.4) is 0 Å². The SMILES string of the molecule is CCOc1ccc2ccccc2c1[C@@H](N)C(C)(C)CO.Cl. The van der Waals surface area contributed by atoms with Crippen molar-refractivity contribution in [3.63, 3.8) is 0 Å². The van der Waals surface area contributed by atoms with Crippen molar-refractivity contribution in [1.29, 1.82) is 0 Å². The molecule has 0 radical (unpaired) electrons. The van der Waals surface area contributed by atoms with Gasteiger partial charge < -0.3 is 15.6 Å². The highest BCUT2D eigenvalue weighted by atomic mass is 35.5. The number of aliphatic hydroxyl groups is 1. The number of benzene rings is 2. The lowest BCUT2D eigenvalue weighted by molar-refractivity contribution is 0.131. The molecule has 3 N–H and O–H groups in total. The van der Waals surface area contributed by atoms with Crippen LogP contribution in [0.4, 0.5) is 0 Å². The molecular weight excluding hydrogens is 286 g/mol. The van der Waals surface area contributed by atoms with Gasteiger partial charge in [-0.25, -0.2) is 0 Å². The van der Waals surface area contributed by atoms with E-state index in [9.17, 15) is 5.11 Å². The highest BCUT2D eigenvalue weighted by molar-refractivity contribution is 5.88. The zero-order valence-corrected chi connectivity index (χ0v) is 13.6. The number of ether oxygens (including phenoxy) is 1. The van der Waals surface area contributed by atoms with Crippen molar-refractivity contribution in [2.45, 2.75) is 26.8 Å². The van der Waals surface area contributed by atoms with E-state index in [1.54, 1.807) is 0 Å². The number of nitrogens with two attached hydrogens (primary N) is 1. The van der Waals surface area contributed by atoms with Crippen LogP contribution >= 0.6 is 12.4 Å². The van der Waals surface area contributed by atoms with Crippen LogP contribution in [0.15, 0.2) is 36.4 Å². The smallest absolute Gasteiger partial charge is 0.124 e. The number of hydrogen-bond acceptors (Lipinski definition) is 3. The second-order valence-corrected chi connectivity index (χ2v) is 5.76. The van der Waals surface area contributed by atoms with Gasteiger partial charge in [0.05, 0.1) is 6.61 Å². The van der Waals surface area contributed by atoms with Gasteiger partial charge in [0, 0.05) is 23.6 Å². The van der Waals surface area contributed by atoms with Crippen LogP contribution in [0.25, 0.3) is 10.8 Å². The summed E-state index contributed by atoms with van der Waals surface area (Å²) in [4.78, 5) is 0. The molecule has 0 aliphatic rings. The third kappa shape index (κ3) is 3.49. The molecule has 3 nitrogen and oxygen atoms in total. The molecule has 0 spiro atoms. The summed E-state index contributed by atoms with van der Waals surface area (Å²) in [5.74, 6) is 0.806. The first-order chi connectivity index (χ1) is 9.51. The first kappa shape index (κ1) is 17.8. The highest BCUT2D eigenvalue weighted by Crippen LogP contribution is 2.40. The molecule has 0 heterocycles. The normalized spacial score (nSPS) is 12.8. The average molecular weight is 310 g/mol. The van der Waals surface area contributed by atoms with Crippen LogP contribution < -0.4 is 10.5 Å². The van der Waals surface area contributed by atoms with Crippen molar-refractivity contribution in [2.75, 3.05) is 13.2 Å². The molecule has 0 aromatic heterocycles. The molecule has 1 atom stereocenters. The molecule has 4 heteroatoms. The molecule has 0 amide bonds. The van der Waals surface area contributed by atoms with Crippen molar-refractivity contribution in [1.82, 2.24) is 0 Å². The number of fused-ring (bicyclic) bond motifs is 1. The third-order valence-corrected chi connectivity index (χ3v) is 3.79. The predicted molar refractivity (Wildman–Crippen MR) is 90.2 cm³/mol. The fourth-order valence-electron chi connectivity index (χ4n) is 2.37. The van der Waals surface area contributed by atoms with E-state index in [1.807, 2.05) is 45.0 Å². The zero-order chi connectivity index (χ0) is 14.8. The van der Waals surface area contributed by atoms with Crippen LogP contribution in [0.5, 0.6) is 5.75 Å². The Morgan fingerprint density at radius 3 is 2.48 bits per heavy atom. The fourth-order valence-corrected chi connectivity index (χ4v) is 2.37. The van der Waals surface area contributed by atoms with Gasteiger partial charge in [-0.2, -0.15) is 0 Å². The standard InChI is InChI=1S/C17H23NO2.ClH/c1-4-20-14-10-9-12-7-5-6-8-13(12)15(14)16(18)17(2,3)11-19;/h5-10,16,19H,4,11,18H2,1-3H3;1H/t16-;/m1./s1. The first-order valence-electron chi connectivity index (χ1n) is 7.02. The molecule has 0 fully saturated rings. The number of rotatable bonds is 5. The Bertz CT molecular complexity index is 598. The minimum absolute atomic E-state index is 0. The lowest BCUT2D eigenvalue weighted by atomic mass is 9.80. The van der Waals surface area contributed by atoms with Crippen LogP contribution in [0.1, 0.15) is 32.4 Å². The molecule has 0 unspecified atom stereocenters. The van der Waals surface area contributed by atoms with Gasteiger partial charge in [0.1, 0.15) is 5.75 Å². The largest absolute Gasteiger partial charge is 0.494 e. The number of aliphatic hydroxyl groups excluding tert-OH is 1. The Morgan fingerprint density at radius 2 is 1.86 bits per heavy atom. The topological polar surface area (TPSA) is 55.5 Å². The third-order valence-electron chi connectivity index (χ3n) is 3.79.